The molecule has 0 amide bonds. The molecule has 0 aromatic rings. The topological polar surface area (TPSA) is 46.5 Å². The molecule has 0 aromatic carbocycles. The fourth-order valence-corrected chi connectivity index (χ4v) is 2.14. The summed E-state index contributed by atoms with van der Waals surface area (Å²) < 4.78 is 4.97. The number of hydrogen-bond donors (Lipinski definition) is 1. The first-order valence-electron chi connectivity index (χ1n) is 9.52. The second-order valence-electron chi connectivity index (χ2n) is 5.92. The van der Waals surface area contributed by atoms with Gasteiger partial charge in [0.1, 0.15) is 0 Å². The lowest BCUT2D eigenvalue weighted by molar-refractivity contribution is -0.144. The Hall–Kier alpha value is -1.35. The minimum Gasteiger partial charge on any atom is -0.466 e. The molecule has 24 heavy (non-hydrogen) atoms. The summed E-state index contributed by atoms with van der Waals surface area (Å²) in [5, 5.41) is 8.59. The lowest BCUT2D eigenvalue weighted by atomic mass is 10.1. The number of carbonyl (C=O) groups excluding carboxylic acids is 1. The van der Waals surface area contributed by atoms with Gasteiger partial charge in [-0.2, -0.15) is 0 Å². The van der Waals surface area contributed by atoms with Crippen molar-refractivity contribution < 1.29 is 14.6 Å². The SMILES string of the molecule is CCCCC/C=C\C/C=C\C/C=C\CCCCC(=O)OCCCO. The van der Waals surface area contributed by atoms with E-state index in [0.29, 0.717) is 19.4 Å². The fraction of sp³-hybridized carbons (Fsp3) is 0.667. The van der Waals surface area contributed by atoms with Crippen molar-refractivity contribution in [1.29, 1.82) is 0 Å². The van der Waals surface area contributed by atoms with Crippen LogP contribution in [0.25, 0.3) is 0 Å². The minimum absolute atomic E-state index is 0.0712. The molecule has 0 bridgehead atoms. The van der Waals surface area contributed by atoms with Crippen LogP contribution in [0.3, 0.4) is 0 Å². The molecule has 0 atom stereocenters. The highest BCUT2D eigenvalue weighted by molar-refractivity contribution is 5.69. The first-order valence-corrected chi connectivity index (χ1v) is 9.52. The molecule has 1 N–H and O–H groups in total. The van der Waals surface area contributed by atoms with E-state index in [-0.39, 0.29) is 12.6 Å². The van der Waals surface area contributed by atoms with Gasteiger partial charge in [-0.25, -0.2) is 0 Å². The van der Waals surface area contributed by atoms with Crippen molar-refractivity contribution in [2.45, 2.75) is 77.6 Å². The predicted octanol–water partition coefficient (Wildman–Crippen LogP) is 5.50. The number of ether oxygens (including phenoxy) is 1. The summed E-state index contributed by atoms with van der Waals surface area (Å²) in [5.41, 5.74) is 0. The van der Waals surface area contributed by atoms with Crippen molar-refractivity contribution in [3.8, 4) is 0 Å². The van der Waals surface area contributed by atoms with Gasteiger partial charge in [0.05, 0.1) is 6.61 Å². The van der Waals surface area contributed by atoms with E-state index in [9.17, 15) is 4.79 Å². The first kappa shape index (κ1) is 22.6. The Labute approximate surface area is 148 Å². The number of rotatable bonds is 16. The molecule has 3 nitrogen and oxygen atoms in total. The zero-order valence-corrected chi connectivity index (χ0v) is 15.4. The number of carbonyl (C=O) groups is 1. The van der Waals surface area contributed by atoms with Gasteiger partial charge in [0.25, 0.3) is 0 Å². The standard InChI is InChI=1S/C21H36O3/c1-2-3-4-5-6-7-8-9-10-11-12-13-14-15-16-18-21(23)24-20-17-19-22/h6-7,9-10,12-13,22H,2-5,8,11,14-20H2,1H3/b7-6-,10-9-,13-12-. The molecule has 0 aliphatic carbocycles. The third kappa shape index (κ3) is 18.7. The molecule has 0 aromatic heterocycles. The van der Waals surface area contributed by atoms with Gasteiger partial charge < -0.3 is 9.84 Å². The molecule has 0 aliphatic rings. The van der Waals surface area contributed by atoms with Gasteiger partial charge in [-0.1, -0.05) is 56.2 Å². The maximum atomic E-state index is 11.3. The molecule has 138 valence electrons. The Balaban J connectivity index is 3.37. The van der Waals surface area contributed by atoms with Crippen LogP contribution in [0, 0.1) is 0 Å². The third-order valence-corrected chi connectivity index (χ3v) is 3.59. The van der Waals surface area contributed by atoms with E-state index >= 15 is 0 Å². The molecule has 0 spiro atoms. The van der Waals surface area contributed by atoms with E-state index in [0.717, 1.165) is 32.1 Å². The Morgan fingerprint density at radius 1 is 0.833 bits per heavy atom. The summed E-state index contributed by atoms with van der Waals surface area (Å²) in [7, 11) is 0. The van der Waals surface area contributed by atoms with Crippen molar-refractivity contribution in [2.75, 3.05) is 13.2 Å². The molecule has 0 saturated heterocycles. The van der Waals surface area contributed by atoms with E-state index in [4.69, 9.17) is 9.84 Å². The molecule has 0 radical (unpaired) electrons. The fourth-order valence-electron chi connectivity index (χ4n) is 2.14. The van der Waals surface area contributed by atoms with Crippen LogP contribution in [0.15, 0.2) is 36.5 Å². The quantitative estimate of drug-likeness (QED) is 0.230. The largest absolute Gasteiger partial charge is 0.466 e. The molecule has 0 aliphatic heterocycles. The van der Waals surface area contributed by atoms with Crippen molar-refractivity contribution in [3.63, 3.8) is 0 Å². The summed E-state index contributed by atoms with van der Waals surface area (Å²) in [5.74, 6) is -0.155. The highest BCUT2D eigenvalue weighted by atomic mass is 16.5. The van der Waals surface area contributed by atoms with E-state index in [1.807, 2.05) is 0 Å². The van der Waals surface area contributed by atoms with Crippen LogP contribution in [-0.2, 0) is 9.53 Å². The predicted molar refractivity (Wildman–Crippen MR) is 102 cm³/mol. The lowest BCUT2D eigenvalue weighted by Gasteiger charge is -2.02. The minimum atomic E-state index is -0.155. The smallest absolute Gasteiger partial charge is 0.305 e. The molecule has 3 heteroatoms. The van der Waals surface area contributed by atoms with Gasteiger partial charge in [0.15, 0.2) is 0 Å². The number of hydrogen-bond acceptors (Lipinski definition) is 3. The number of aliphatic hydroxyl groups is 1. The highest BCUT2D eigenvalue weighted by Gasteiger charge is 2.00. The average Bonchev–Trinajstić information content (AvgIpc) is 2.58. The van der Waals surface area contributed by atoms with Crippen LogP contribution in [0.2, 0.25) is 0 Å². The second-order valence-corrected chi connectivity index (χ2v) is 5.92. The van der Waals surface area contributed by atoms with Crippen molar-refractivity contribution >= 4 is 5.97 Å². The average molecular weight is 337 g/mol. The van der Waals surface area contributed by atoms with Crippen LogP contribution >= 0.6 is 0 Å². The summed E-state index contributed by atoms with van der Waals surface area (Å²) in [6, 6.07) is 0. The Morgan fingerprint density at radius 2 is 1.42 bits per heavy atom. The zero-order chi connectivity index (χ0) is 17.7. The molecular formula is C21H36O3. The van der Waals surface area contributed by atoms with E-state index < -0.39 is 0 Å². The maximum absolute atomic E-state index is 11.3. The Bertz CT molecular complexity index is 356. The molecule has 0 rings (SSSR count). The summed E-state index contributed by atoms with van der Waals surface area (Å²) in [6.45, 7) is 2.63. The van der Waals surface area contributed by atoms with Gasteiger partial charge in [0.2, 0.25) is 0 Å². The molecule has 0 saturated carbocycles. The van der Waals surface area contributed by atoms with Crippen molar-refractivity contribution in [1.82, 2.24) is 0 Å². The van der Waals surface area contributed by atoms with Gasteiger partial charge in [-0.15, -0.1) is 0 Å². The number of aliphatic hydroxyl groups excluding tert-OH is 1. The third-order valence-electron chi connectivity index (χ3n) is 3.59. The van der Waals surface area contributed by atoms with Gasteiger partial charge in [-0.05, 0) is 44.9 Å². The number of allylic oxidation sites excluding steroid dienone is 6. The Morgan fingerprint density at radius 3 is 2.00 bits per heavy atom. The second kappa shape index (κ2) is 19.7. The van der Waals surface area contributed by atoms with E-state index in [1.54, 1.807) is 0 Å². The number of esters is 1. The van der Waals surface area contributed by atoms with Crippen LogP contribution in [-0.4, -0.2) is 24.3 Å². The first-order chi connectivity index (χ1) is 11.8. The lowest BCUT2D eigenvalue weighted by Crippen LogP contribution is -2.06. The van der Waals surface area contributed by atoms with E-state index in [2.05, 4.69) is 43.4 Å². The highest BCUT2D eigenvalue weighted by Crippen LogP contribution is 2.04. The Kier molecular flexibility index (Phi) is 18.6. The van der Waals surface area contributed by atoms with Crippen molar-refractivity contribution in [2.24, 2.45) is 0 Å². The van der Waals surface area contributed by atoms with E-state index in [1.165, 1.54) is 25.7 Å². The summed E-state index contributed by atoms with van der Waals surface area (Å²) in [6.07, 6.45) is 24.3. The van der Waals surface area contributed by atoms with Gasteiger partial charge in [-0.3, -0.25) is 4.79 Å². The summed E-state index contributed by atoms with van der Waals surface area (Å²) >= 11 is 0. The molecule has 0 unspecified atom stereocenters. The van der Waals surface area contributed by atoms with Gasteiger partial charge >= 0.3 is 5.97 Å². The van der Waals surface area contributed by atoms with Crippen LogP contribution in [0.5, 0.6) is 0 Å². The molecular weight excluding hydrogens is 300 g/mol. The normalized spacial score (nSPS) is 11.9. The summed E-state index contributed by atoms with van der Waals surface area (Å²) in [4.78, 5) is 11.3. The van der Waals surface area contributed by atoms with Crippen LogP contribution in [0.4, 0.5) is 0 Å². The van der Waals surface area contributed by atoms with Gasteiger partial charge in [0, 0.05) is 19.4 Å². The van der Waals surface area contributed by atoms with Crippen molar-refractivity contribution in [3.05, 3.63) is 36.5 Å². The maximum Gasteiger partial charge on any atom is 0.305 e. The molecule has 0 fully saturated rings. The molecule has 0 heterocycles. The monoisotopic (exact) mass is 336 g/mol. The zero-order valence-electron chi connectivity index (χ0n) is 15.4. The van der Waals surface area contributed by atoms with Crippen LogP contribution < -0.4 is 0 Å². The van der Waals surface area contributed by atoms with Crippen LogP contribution in [0.1, 0.15) is 77.6 Å². The number of unbranched alkanes of at least 4 members (excludes halogenated alkanes) is 5.